The number of likely N-dealkylation sites (N-methyl/N-ethyl adjacent to an activating group) is 1. The third-order valence-electron chi connectivity index (χ3n) is 4.63. The van der Waals surface area contributed by atoms with E-state index in [1.54, 1.807) is 6.92 Å². The lowest BCUT2D eigenvalue weighted by molar-refractivity contribution is -0.145. The fourth-order valence-corrected chi connectivity index (χ4v) is 4.05. The van der Waals surface area contributed by atoms with E-state index in [4.69, 9.17) is 16.3 Å². The van der Waals surface area contributed by atoms with Crippen molar-refractivity contribution >= 4 is 52.4 Å². The van der Waals surface area contributed by atoms with Gasteiger partial charge in [0.15, 0.2) is 5.01 Å². The van der Waals surface area contributed by atoms with Crippen LogP contribution in [-0.2, 0) is 32.1 Å². The van der Waals surface area contributed by atoms with Crippen molar-refractivity contribution in [3.8, 4) is 0 Å². The zero-order valence-corrected chi connectivity index (χ0v) is 19.6. The minimum atomic E-state index is -1.20. The topological polar surface area (TPSA) is 143 Å². The summed E-state index contributed by atoms with van der Waals surface area (Å²) in [5, 5.41) is 7.76. The van der Waals surface area contributed by atoms with Crippen LogP contribution in [0.3, 0.4) is 0 Å². The molecule has 0 saturated heterocycles. The highest BCUT2D eigenvalue weighted by atomic mass is 35.5. The third kappa shape index (κ3) is 6.70. The van der Waals surface area contributed by atoms with Gasteiger partial charge in [-0.05, 0) is 32.5 Å². The Kier molecular flexibility index (Phi) is 8.31. The van der Waals surface area contributed by atoms with E-state index < -0.39 is 29.7 Å². The Labute approximate surface area is 198 Å². The van der Waals surface area contributed by atoms with Crippen LogP contribution >= 0.6 is 22.9 Å². The molecule has 2 aromatic heterocycles. The smallest absolute Gasteiger partial charge is 0.330 e. The van der Waals surface area contributed by atoms with E-state index in [1.807, 2.05) is 7.05 Å². The molecular weight excluding hydrogens is 472 g/mol. The van der Waals surface area contributed by atoms with Gasteiger partial charge in [-0.1, -0.05) is 11.6 Å². The molecule has 0 aliphatic carbocycles. The molecule has 0 saturated carbocycles. The predicted octanol–water partition coefficient (Wildman–Crippen LogP) is 0.596. The number of esters is 1. The van der Waals surface area contributed by atoms with Gasteiger partial charge in [0, 0.05) is 30.7 Å². The van der Waals surface area contributed by atoms with E-state index in [2.05, 4.69) is 30.8 Å². The van der Waals surface area contributed by atoms with Gasteiger partial charge in [-0.25, -0.2) is 14.8 Å². The molecule has 2 aromatic rings. The highest BCUT2D eigenvalue weighted by Crippen LogP contribution is 2.24. The summed E-state index contributed by atoms with van der Waals surface area (Å²) in [5.41, 5.74) is 0.840. The van der Waals surface area contributed by atoms with Crippen LogP contribution in [0.25, 0.3) is 0 Å². The number of pyridine rings is 1. The van der Waals surface area contributed by atoms with Crippen molar-refractivity contribution < 1.29 is 23.9 Å². The second-order valence-corrected chi connectivity index (χ2v) is 8.70. The number of anilines is 1. The molecule has 1 atom stereocenters. The summed E-state index contributed by atoms with van der Waals surface area (Å²) < 4.78 is 4.98. The van der Waals surface area contributed by atoms with E-state index in [-0.39, 0.29) is 24.0 Å². The third-order valence-corrected chi connectivity index (χ3v) is 6.01. The van der Waals surface area contributed by atoms with Gasteiger partial charge in [-0.15, -0.1) is 11.3 Å². The fraction of sp³-hybridized carbons (Fsp3) is 0.400. The first-order valence-electron chi connectivity index (χ1n) is 10.1. The highest BCUT2D eigenvalue weighted by molar-refractivity contribution is 7.13. The quantitative estimate of drug-likeness (QED) is 0.375. The summed E-state index contributed by atoms with van der Waals surface area (Å²) in [4.78, 5) is 60.7. The lowest BCUT2D eigenvalue weighted by Crippen LogP contribution is -2.50. The number of halogens is 1. The van der Waals surface area contributed by atoms with Gasteiger partial charge in [0.05, 0.1) is 17.3 Å². The molecule has 11 nitrogen and oxygen atoms in total. The van der Waals surface area contributed by atoms with E-state index in [0.29, 0.717) is 11.6 Å². The number of ether oxygens (including phenoxy) is 1. The molecule has 1 aliphatic heterocycles. The summed E-state index contributed by atoms with van der Waals surface area (Å²) in [6, 6.07) is 1.73. The molecule has 3 amide bonds. The first-order chi connectivity index (χ1) is 15.8. The van der Waals surface area contributed by atoms with Crippen LogP contribution in [0.15, 0.2) is 18.3 Å². The maximum atomic E-state index is 12.7. The molecule has 33 heavy (non-hydrogen) atoms. The summed E-state index contributed by atoms with van der Waals surface area (Å²) in [5.74, 6) is -3.17. The van der Waals surface area contributed by atoms with Gasteiger partial charge in [0.1, 0.15) is 11.9 Å². The monoisotopic (exact) mass is 494 g/mol. The number of nitrogens with one attached hydrogen (secondary N) is 3. The minimum Gasteiger partial charge on any atom is -0.464 e. The van der Waals surface area contributed by atoms with Gasteiger partial charge in [-0.3, -0.25) is 14.4 Å². The highest BCUT2D eigenvalue weighted by Gasteiger charge is 2.27. The van der Waals surface area contributed by atoms with Crippen molar-refractivity contribution in [3.63, 3.8) is 0 Å². The largest absolute Gasteiger partial charge is 0.464 e. The Balaban J connectivity index is 1.60. The number of fused-ring (bicyclic) bond motifs is 1. The van der Waals surface area contributed by atoms with Crippen LogP contribution in [0, 0.1) is 0 Å². The number of hydrogen-bond acceptors (Lipinski definition) is 9. The van der Waals surface area contributed by atoms with Gasteiger partial charge in [0.2, 0.25) is 0 Å². The van der Waals surface area contributed by atoms with Crippen LogP contribution in [0.4, 0.5) is 5.82 Å². The number of nitrogens with zero attached hydrogens (tertiary/aromatic N) is 3. The molecule has 176 valence electrons. The van der Waals surface area contributed by atoms with E-state index in [1.165, 1.54) is 29.7 Å². The molecule has 3 rings (SSSR count). The number of rotatable bonds is 7. The molecule has 0 fully saturated rings. The van der Waals surface area contributed by atoms with Gasteiger partial charge in [-0.2, -0.15) is 0 Å². The van der Waals surface area contributed by atoms with Crippen LogP contribution < -0.4 is 16.0 Å². The SMILES string of the molecule is CCOC(=O)[C@H](CNC(=O)C(=O)Nc1ccc(Cl)cn1)NC(=O)c1nc2c(s1)CCN(C)C2. The normalized spacial score (nSPS) is 14.0. The van der Waals surface area contributed by atoms with Crippen molar-refractivity contribution in [1.29, 1.82) is 0 Å². The summed E-state index contributed by atoms with van der Waals surface area (Å²) >= 11 is 7.01. The number of carbonyl (C=O) groups excluding carboxylic acids is 4. The minimum absolute atomic E-state index is 0.0831. The van der Waals surface area contributed by atoms with Gasteiger partial charge in [0.25, 0.3) is 5.91 Å². The Bertz CT molecular complexity index is 1040. The average molecular weight is 495 g/mol. The molecule has 3 N–H and O–H groups in total. The van der Waals surface area contributed by atoms with Crippen LogP contribution in [0.1, 0.15) is 27.3 Å². The molecule has 0 aromatic carbocycles. The maximum Gasteiger partial charge on any atom is 0.330 e. The molecule has 3 heterocycles. The Morgan fingerprint density at radius 1 is 1.27 bits per heavy atom. The number of carbonyl (C=O) groups is 4. The van der Waals surface area contributed by atoms with Crippen LogP contribution in [0.5, 0.6) is 0 Å². The van der Waals surface area contributed by atoms with Crippen molar-refractivity contribution in [2.24, 2.45) is 0 Å². The number of amides is 3. The molecule has 0 radical (unpaired) electrons. The Hall–Kier alpha value is -3.09. The molecular formula is C20H23ClN6O5S. The predicted molar refractivity (Wildman–Crippen MR) is 121 cm³/mol. The first kappa shape index (κ1) is 24.6. The Morgan fingerprint density at radius 2 is 2.06 bits per heavy atom. The second-order valence-electron chi connectivity index (χ2n) is 7.18. The average Bonchev–Trinajstić information content (AvgIpc) is 3.21. The van der Waals surface area contributed by atoms with E-state index in [9.17, 15) is 19.2 Å². The lowest BCUT2D eigenvalue weighted by Gasteiger charge is -2.20. The van der Waals surface area contributed by atoms with Crippen molar-refractivity contribution in [3.05, 3.63) is 38.9 Å². The summed E-state index contributed by atoms with van der Waals surface area (Å²) in [6.07, 6.45) is 2.11. The standard InChI is InChI=1S/C20H23ClN6O5S/c1-3-32-20(31)12(9-23-16(28)17(29)26-15-5-4-11(21)8-22-15)24-18(30)19-25-13-10-27(2)7-6-14(13)33-19/h4-5,8,12H,3,6-7,9-10H2,1-2H3,(H,23,28)(H,24,30)(H,22,26,29)/t12-/m0/s1. The maximum absolute atomic E-state index is 12.7. The molecule has 0 bridgehead atoms. The molecule has 13 heteroatoms. The van der Waals surface area contributed by atoms with Crippen molar-refractivity contribution in [2.75, 3.05) is 32.1 Å². The van der Waals surface area contributed by atoms with Gasteiger partial charge >= 0.3 is 17.8 Å². The number of aromatic nitrogens is 2. The van der Waals surface area contributed by atoms with Crippen LogP contribution in [-0.4, -0.2) is 71.3 Å². The summed E-state index contributed by atoms with van der Waals surface area (Å²) in [7, 11) is 1.97. The van der Waals surface area contributed by atoms with Crippen LogP contribution in [0.2, 0.25) is 5.02 Å². The molecule has 0 unspecified atom stereocenters. The lowest BCUT2D eigenvalue weighted by atomic mass is 10.2. The Morgan fingerprint density at radius 3 is 2.76 bits per heavy atom. The summed E-state index contributed by atoms with van der Waals surface area (Å²) in [6.45, 7) is 2.88. The van der Waals surface area contributed by atoms with E-state index >= 15 is 0 Å². The second kappa shape index (κ2) is 11.2. The zero-order chi connectivity index (χ0) is 24.0. The van der Waals surface area contributed by atoms with E-state index in [0.717, 1.165) is 23.5 Å². The number of hydrogen-bond donors (Lipinski definition) is 3. The fourth-order valence-electron chi connectivity index (χ4n) is 2.98. The van der Waals surface area contributed by atoms with Crippen molar-refractivity contribution in [2.45, 2.75) is 25.9 Å². The van der Waals surface area contributed by atoms with Crippen molar-refractivity contribution in [1.82, 2.24) is 25.5 Å². The molecule has 1 aliphatic rings. The molecule has 0 spiro atoms. The number of thiazole rings is 1. The zero-order valence-electron chi connectivity index (χ0n) is 18.0. The first-order valence-corrected chi connectivity index (χ1v) is 11.3. The van der Waals surface area contributed by atoms with Gasteiger partial charge < -0.3 is 25.6 Å².